The number of hydrogen-bond donors (Lipinski definition) is 0. The van der Waals surface area contributed by atoms with Crippen molar-refractivity contribution in [2.75, 3.05) is 6.61 Å². The fourth-order valence-electron chi connectivity index (χ4n) is 2.00. The predicted molar refractivity (Wildman–Crippen MR) is 78.2 cm³/mol. The van der Waals surface area contributed by atoms with Crippen molar-refractivity contribution in [2.24, 2.45) is 0 Å². The first kappa shape index (κ1) is 13.8. The van der Waals surface area contributed by atoms with Crippen molar-refractivity contribution < 1.29 is 19.0 Å². The number of hydrogen-bond acceptors (Lipinski definition) is 4. The van der Waals surface area contributed by atoms with Gasteiger partial charge in [0.25, 0.3) is 0 Å². The van der Waals surface area contributed by atoms with Crippen LogP contribution in [-0.4, -0.2) is 18.7 Å². The molecule has 1 atom stereocenters. The van der Waals surface area contributed by atoms with Gasteiger partial charge in [0.2, 0.25) is 6.10 Å². The first-order valence-electron chi connectivity index (χ1n) is 6.50. The zero-order valence-electron chi connectivity index (χ0n) is 11.3. The molecule has 0 unspecified atom stereocenters. The fraction of sp³-hybridized carbons (Fsp3) is 0.188. The average Bonchev–Trinajstić information content (AvgIpc) is 2.50. The average molecular weight is 305 g/mol. The maximum absolute atomic E-state index is 12.2. The van der Waals surface area contributed by atoms with E-state index in [1.165, 1.54) is 0 Å². The van der Waals surface area contributed by atoms with Gasteiger partial charge in [0.05, 0.1) is 5.02 Å². The summed E-state index contributed by atoms with van der Waals surface area (Å²) in [7, 11) is 0. The van der Waals surface area contributed by atoms with Crippen LogP contribution in [0.4, 0.5) is 0 Å². The lowest BCUT2D eigenvalue weighted by Crippen LogP contribution is -2.39. The van der Waals surface area contributed by atoms with Gasteiger partial charge in [0.15, 0.2) is 11.5 Å². The number of carbonyl (C=O) groups is 1. The molecule has 0 aliphatic carbocycles. The number of esters is 1. The van der Waals surface area contributed by atoms with Crippen molar-refractivity contribution in [1.29, 1.82) is 0 Å². The van der Waals surface area contributed by atoms with Crippen LogP contribution in [0.5, 0.6) is 17.2 Å². The van der Waals surface area contributed by atoms with Crippen LogP contribution < -0.4 is 14.2 Å². The van der Waals surface area contributed by atoms with Crippen molar-refractivity contribution in [1.82, 2.24) is 0 Å². The number of benzene rings is 2. The Morgan fingerprint density at radius 2 is 2.00 bits per heavy atom. The van der Waals surface area contributed by atoms with E-state index in [2.05, 4.69) is 0 Å². The van der Waals surface area contributed by atoms with Crippen molar-refractivity contribution in [3.05, 3.63) is 53.1 Å². The Labute approximate surface area is 127 Å². The molecule has 3 rings (SSSR count). The van der Waals surface area contributed by atoms with Gasteiger partial charge in [-0.2, -0.15) is 0 Å². The summed E-state index contributed by atoms with van der Waals surface area (Å²) < 4.78 is 16.4. The molecule has 1 aliphatic heterocycles. The van der Waals surface area contributed by atoms with E-state index >= 15 is 0 Å². The highest BCUT2D eigenvalue weighted by molar-refractivity contribution is 6.32. The van der Waals surface area contributed by atoms with Gasteiger partial charge in [-0.1, -0.05) is 29.8 Å². The molecule has 0 fully saturated rings. The highest BCUT2D eigenvalue weighted by atomic mass is 35.5. The van der Waals surface area contributed by atoms with Crippen LogP contribution in [0.3, 0.4) is 0 Å². The summed E-state index contributed by atoms with van der Waals surface area (Å²) in [5.41, 5.74) is 0.952. The van der Waals surface area contributed by atoms with E-state index < -0.39 is 12.1 Å². The number of ether oxygens (including phenoxy) is 3. The second kappa shape index (κ2) is 5.66. The number of aryl methyl sites for hydroxylation is 1. The zero-order valence-corrected chi connectivity index (χ0v) is 12.1. The molecule has 108 valence electrons. The van der Waals surface area contributed by atoms with Crippen LogP contribution in [0, 0.1) is 6.92 Å². The molecular formula is C16H13ClO4. The summed E-state index contributed by atoms with van der Waals surface area (Å²) >= 11 is 6.01. The van der Waals surface area contributed by atoms with Gasteiger partial charge in [-0.15, -0.1) is 0 Å². The maximum atomic E-state index is 12.2. The van der Waals surface area contributed by atoms with Crippen LogP contribution in [-0.2, 0) is 4.79 Å². The smallest absolute Gasteiger partial charge is 0.356 e. The molecule has 0 amide bonds. The monoisotopic (exact) mass is 304 g/mol. The molecule has 0 saturated carbocycles. The Morgan fingerprint density at radius 3 is 2.81 bits per heavy atom. The van der Waals surface area contributed by atoms with Crippen molar-refractivity contribution in [3.63, 3.8) is 0 Å². The van der Waals surface area contributed by atoms with Gasteiger partial charge in [-0.25, -0.2) is 4.79 Å². The van der Waals surface area contributed by atoms with E-state index in [9.17, 15) is 4.79 Å². The Kier molecular flexibility index (Phi) is 3.71. The maximum Gasteiger partial charge on any atom is 0.356 e. The second-order valence-electron chi connectivity index (χ2n) is 4.72. The van der Waals surface area contributed by atoms with Crippen molar-refractivity contribution in [2.45, 2.75) is 13.0 Å². The summed E-state index contributed by atoms with van der Waals surface area (Å²) in [6.45, 7) is 2.00. The fourth-order valence-corrected chi connectivity index (χ4v) is 2.15. The number of para-hydroxylation sites is 2. The summed E-state index contributed by atoms with van der Waals surface area (Å²) in [6.07, 6.45) is -0.809. The third kappa shape index (κ3) is 2.95. The molecule has 21 heavy (non-hydrogen) atoms. The third-order valence-electron chi connectivity index (χ3n) is 3.07. The van der Waals surface area contributed by atoms with Crippen molar-refractivity contribution in [3.8, 4) is 17.2 Å². The predicted octanol–water partition coefficient (Wildman–Crippen LogP) is 3.39. The number of rotatable bonds is 2. The van der Waals surface area contributed by atoms with Gasteiger partial charge in [0, 0.05) is 0 Å². The summed E-state index contributed by atoms with van der Waals surface area (Å²) in [5.74, 6) is 0.942. The van der Waals surface area contributed by atoms with Gasteiger partial charge >= 0.3 is 5.97 Å². The minimum atomic E-state index is -0.809. The SMILES string of the molecule is Cc1ccc(Cl)c(OC(=O)[C@@H]2COc3ccccc3O2)c1. The normalized spacial score (nSPS) is 16.4. The lowest BCUT2D eigenvalue weighted by molar-refractivity contribution is -0.144. The highest BCUT2D eigenvalue weighted by Crippen LogP contribution is 2.32. The minimum Gasteiger partial charge on any atom is -0.485 e. The third-order valence-corrected chi connectivity index (χ3v) is 3.38. The van der Waals surface area contributed by atoms with E-state index in [0.29, 0.717) is 22.3 Å². The Balaban J connectivity index is 1.74. The first-order chi connectivity index (χ1) is 10.1. The van der Waals surface area contributed by atoms with E-state index in [4.69, 9.17) is 25.8 Å². The minimum absolute atomic E-state index is 0.110. The van der Waals surface area contributed by atoms with E-state index in [1.54, 1.807) is 24.3 Å². The molecule has 2 aromatic rings. The largest absolute Gasteiger partial charge is 0.485 e. The van der Waals surface area contributed by atoms with E-state index in [0.717, 1.165) is 5.56 Å². The number of carbonyl (C=O) groups excluding carboxylic acids is 1. The Hall–Kier alpha value is -2.20. The van der Waals surface area contributed by atoms with Crippen LogP contribution in [0.1, 0.15) is 5.56 Å². The van der Waals surface area contributed by atoms with Gasteiger partial charge in [-0.05, 0) is 36.8 Å². The lowest BCUT2D eigenvalue weighted by atomic mass is 10.2. The zero-order chi connectivity index (χ0) is 14.8. The molecule has 5 heteroatoms. The van der Waals surface area contributed by atoms with Crippen LogP contribution in [0.15, 0.2) is 42.5 Å². The summed E-state index contributed by atoms with van der Waals surface area (Å²) in [6, 6.07) is 12.4. The lowest BCUT2D eigenvalue weighted by Gasteiger charge is -2.25. The molecule has 0 aromatic heterocycles. The molecule has 0 N–H and O–H groups in total. The molecule has 0 spiro atoms. The second-order valence-corrected chi connectivity index (χ2v) is 5.13. The van der Waals surface area contributed by atoms with E-state index in [1.807, 2.05) is 25.1 Å². The standard InChI is InChI=1S/C16H13ClO4/c1-10-6-7-11(17)14(8-10)21-16(18)15-9-19-12-4-2-3-5-13(12)20-15/h2-8,15H,9H2,1H3/t15-/m0/s1. The first-order valence-corrected chi connectivity index (χ1v) is 6.87. The molecule has 1 aliphatic rings. The van der Waals surface area contributed by atoms with Crippen molar-refractivity contribution >= 4 is 17.6 Å². The van der Waals surface area contributed by atoms with Crippen LogP contribution >= 0.6 is 11.6 Å². The molecular weight excluding hydrogens is 292 g/mol. The molecule has 0 bridgehead atoms. The topological polar surface area (TPSA) is 44.8 Å². The van der Waals surface area contributed by atoms with Gasteiger partial charge in [0.1, 0.15) is 12.4 Å². The summed E-state index contributed by atoms with van der Waals surface area (Å²) in [5, 5.41) is 0.381. The summed E-state index contributed by atoms with van der Waals surface area (Å²) in [4.78, 5) is 12.2. The highest BCUT2D eigenvalue weighted by Gasteiger charge is 2.29. The molecule has 1 heterocycles. The van der Waals surface area contributed by atoms with E-state index in [-0.39, 0.29) is 6.61 Å². The number of halogens is 1. The molecule has 0 radical (unpaired) electrons. The molecule has 2 aromatic carbocycles. The van der Waals surface area contributed by atoms with Gasteiger partial charge in [-0.3, -0.25) is 0 Å². The van der Waals surface area contributed by atoms with Gasteiger partial charge < -0.3 is 14.2 Å². The quantitative estimate of drug-likeness (QED) is 0.630. The molecule has 4 nitrogen and oxygen atoms in total. The van der Waals surface area contributed by atoms with Crippen LogP contribution in [0.2, 0.25) is 5.02 Å². The Morgan fingerprint density at radius 1 is 1.24 bits per heavy atom. The van der Waals surface area contributed by atoms with Crippen LogP contribution in [0.25, 0.3) is 0 Å². The Bertz CT molecular complexity index is 684. The number of fused-ring (bicyclic) bond motifs is 1. The molecule has 0 saturated heterocycles.